The topological polar surface area (TPSA) is 12.0 Å². The number of benzene rings is 2. The minimum atomic E-state index is -0.188. The van der Waals surface area contributed by atoms with Crippen LogP contribution in [0.5, 0.6) is 0 Å². The van der Waals surface area contributed by atoms with Gasteiger partial charge < -0.3 is 5.32 Å². The molecular weight excluding hydrogens is 420 g/mol. The maximum Gasteiger partial charge on any atom is 0.142 e. The predicted molar refractivity (Wildman–Crippen MR) is 88.8 cm³/mol. The molecule has 2 rings (SSSR count). The molecule has 0 heterocycles. The number of hydrogen-bond acceptors (Lipinski definition) is 1. The van der Waals surface area contributed by atoms with Crippen molar-refractivity contribution < 1.29 is 4.39 Å². The first kappa shape index (κ1) is 14.9. The molecule has 1 atom stereocenters. The zero-order valence-corrected chi connectivity index (χ0v) is 14.2. The van der Waals surface area contributed by atoms with Crippen LogP contribution in [0.1, 0.15) is 17.2 Å². The van der Waals surface area contributed by atoms with E-state index in [1.165, 1.54) is 9.13 Å². The Balaban J connectivity index is 2.25. The van der Waals surface area contributed by atoms with E-state index < -0.39 is 0 Å². The van der Waals surface area contributed by atoms with Crippen molar-refractivity contribution in [2.45, 2.75) is 12.5 Å². The van der Waals surface area contributed by atoms with Gasteiger partial charge in [-0.2, -0.15) is 0 Å². The van der Waals surface area contributed by atoms with Gasteiger partial charge in [-0.3, -0.25) is 0 Å². The Hall–Kier alpha value is -0.460. The summed E-state index contributed by atoms with van der Waals surface area (Å²) in [5.74, 6) is -0.188. The van der Waals surface area contributed by atoms with Crippen molar-refractivity contribution in [3.8, 4) is 0 Å². The van der Waals surface area contributed by atoms with Crippen LogP contribution in [0.3, 0.4) is 0 Å². The van der Waals surface area contributed by atoms with Crippen LogP contribution in [0.25, 0.3) is 0 Å². The van der Waals surface area contributed by atoms with Gasteiger partial charge in [-0.15, -0.1) is 0 Å². The highest BCUT2D eigenvalue weighted by atomic mass is 127. The Labute approximate surface area is 134 Å². The maximum absolute atomic E-state index is 14.1. The van der Waals surface area contributed by atoms with E-state index in [1.54, 1.807) is 6.07 Å². The molecule has 2 aromatic rings. The zero-order valence-electron chi connectivity index (χ0n) is 10.5. The molecule has 0 spiro atoms. The molecular formula is C15H14BrFIN. The van der Waals surface area contributed by atoms with E-state index in [9.17, 15) is 4.39 Å². The van der Waals surface area contributed by atoms with Crippen LogP contribution >= 0.6 is 38.5 Å². The number of likely N-dealkylation sites (N-methyl/N-ethyl adjacent to an activating group) is 1. The van der Waals surface area contributed by atoms with Crippen LogP contribution in [-0.4, -0.2) is 7.05 Å². The molecule has 0 saturated carbocycles. The molecule has 0 radical (unpaired) electrons. The van der Waals surface area contributed by atoms with E-state index >= 15 is 0 Å². The molecule has 2 aromatic carbocycles. The largest absolute Gasteiger partial charge is 0.313 e. The zero-order chi connectivity index (χ0) is 13.8. The summed E-state index contributed by atoms with van der Waals surface area (Å²) in [6.07, 6.45) is 0.765. The summed E-state index contributed by atoms with van der Waals surface area (Å²) < 4.78 is 15.8. The maximum atomic E-state index is 14.1. The lowest BCUT2D eigenvalue weighted by molar-refractivity contribution is 0.530. The Kier molecular flexibility index (Phi) is 5.36. The lowest BCUT2D eigenvalue weighted by atomic mass is 9.98. The van der Waals surface area contributed by atoms with Crippen molar-refractivity contribution in [1.29, 1.82) is 0 Å². The second-order valence-corrected chi connectivity index (χ2v) is 6.41. The van der Waals surface area contributed by atoms with Crippen molar-refractivity contribution in [2.75, 3.05) is 7.05 Å². The normalized spacial score (nSPS) is 12.4. The summed E-state index contributed by atoms with van der Waals surface area (Å²) in [6, 6.07) is 13.7. The van der Waals surface area contributed by atoms with Gasteiger partial charge in [0, 0.05) is 15.2 Å². The molecule has 19 heavy (non-hydrogen) atoms. The molecule has 4 heteroatoms. The SMILES string of the molecule is CNC(Cc1ccc(I)cc1)c1cccc(Br)c1F. The number of hydrogen-bond donors (Lipinski definition) is 1. The van der Waals surface area contributed by atoms with Crippen molar-refractivity contribution in [1.82, 2.24) is 5.32 Å². The van der Waals surface area contributed by atoms with Gasteiger partial charge in [0.15, 0.2) is 0 Å². The molecule has 0 fully saturated rings. The lowest BCUT2D eigenvalue weighted by Crippen LogP contribution is -2.20. The van der Waals surface area contributed by atoms with Crippen molar-refractivity contribution in [2.24, 2.45) is 0 Å². The molecule has 0 aliphatic rings. The van der Waals surface area contributed by atoms with Crippen LogP contribution in [0.15, 0.2) is 46.9 Å². The molecule has 0 saturated heterocycles. The molecule has 100 valence electrons. The van der Waals surface area contributed by atoms with Crippen molar-refractivity contribution in [3.63, 3.8) is 0 Å². The summed E-state index contributed by atoms with van der Waals surface area (Å²) in [5.41, 5.74) is 1.88. The Morgan fingerprint density at radius 2 is 1.89 bits per heavy atom. The third-order valence-electron chi connectivity index (χ3n) is 3.06. The van der Waals surface area contributed by atoms with E-state index in [2.05, 4.69) is 68.1 Å². The fourth-order valence-corrected chi connectivity index (χ4v) is 2.75. The monoisotopic (exact) mass is 433 g/mol. The Morgan fingerprint density at radius 3 is 2.53 bits per heavy atom. The first-order chi connectivity index (χ1) is 9.11. The fraction of sp³-hybridized carbons (Fsp3) is 0.200. The highest BCUT2D eigenvalue weighted by Gasteiger charge is 2.16. The highest BCUT2D eigenvalue weighted by molar-refractivity contribution is 14.1. The summed E-state index contributed by atoms with van der Waals surface area (Å²) in [7, 11) is 1.86. The third-order valence-corrected chi connectivity index (χ3v) is 4.39. The van der Waals surface area contributed by atoms with Gasteiger partial charge in [0.2, 0.25) is 0 Å². The smallest absolute Gasteiger partial charge is 0.142 e. The van der Waals surface area contributed by atoms with Gasteiger partial charge in [0.1, 0.15) is 5.82 Å². The molecule has 1 unspecified atom stereocenters. The quantitative estimate of drug-likeness (QED) is 0.689. The molecule has 0 aliphatic heterocycles. The van der Waals surface area contributed by atoms with Crippen molar-refractivity contribution >= 4 is 38.5 Å². The summed E-state index contributed by atoms with van der Waals surface area (Å²) in [5, 5.41) is 3.19. The fourth-order valence-electron chi connectivity index (χ4n) is 2.01. The molecule has 0 bridgehead atoms. The first-order valence-corrected chi connectivity index (χ1v) is 7.84. The number of nitrogens with one attached hydrogen (secondary N) is 1. The molecule has 0 aromatic heterocycles. The second kappa shape index (κ2) is 6.81. The van der Waals surface area contributed by atoms with Gasteiger partial charge in [-0.1, -0.05) is 24.3 Å². The second-order valence-electron chi connectivity index (χ2n) is 4.31. The standard InChI is InChI=1S/C15H14BrFIN/c1-19-14(9-10-5-7-11(18)8-6-10)12-3-2-4-13(16)15(12)17/h2-8,14,19H,9H2,1H3. The molecule has 0 aliphatic carbocycles. The van der Waals surface area contributed by atoms with Gasteiger partial charge in [0.25, 0.3) is 0 Å². The summed E-state index contributed by atoms with van der Waals surface area (Å²) in [4.78, 5) is 0. The average Bonchev–Trinajstić information content (AvgIpc) is 2.42. The van der Waals surface area contributed by atoms with Gasteiger partial charge in [-0.25, -0.2) is 4.39 Å². The summed E-state index contributed by atoms with van der Waals surface area (Å²) in [6.45, 7) is 0. The minimum absolute atomic E-state index is 0.0300. The van der Waals surface area contributed by atoms with E-state index in [1.807, 2.05) is 19.2 Å². The Morgan fingerprint density at radius 1 is 1.21 bits per heavy atom. The van der Waals surface area contributed by atoms with Gasteiger partial charge in [-0.05, 0) is 75.8 Å². The van der Waals surface area contributed by atoms with Crippen molar-refractivity contribution in [3.05, 3.63) is 67.5 Å². The average molecular weight is 434 g/mol. The summed E-state index contributed by atoms with van der Waals surface area (Å²) >= 11 is 5.51. The minimum Gasteiger partial charge on any atom is -0.313 e. The van der Waals surface area contributed by atoms with Gasteiger partial charge >= 0.3 is 0 Å². The van der Waals surface area contributed by atoms with Crippen LogP contribution in [0.2, 0.25) is 0 Å². The predicted octanol–water partition coefficient (Wildman–Crippen LogP) is 4.70. The van der Waals surface area contributed by atoms with E-state index in [-0.39, 0.29) is 11.9 Å². The van der Waals surface area contributed by atoms with Gasteiger partial charge in [0.05, 0.1) is 4.47 Å². The Bertz CT molecular complexity index is 557. The van der Waals surface area contributed by atoms with E-state index in [0.717, 1.165) is 6.42 Å². The lowest BCUT2D eigenvalue weighted by Gasteiger charge is -2.18. The van der Waals surface area contributed by atoms with Crippen LogP contribution in [0.4, 0.5) is 4.39 Å². The van der Waals surface area contributed by atoms with Crippen LogP contribution < -0.4 is 5.32 Å². The number of halogens is 3. The van der Waals surface area contributed by atoms with E-state index in [4.69, 9.17) is 0 Å². The highest BCUT2D eigenvalue weighted by Crippen LogP contribution is 2.26. The molecule has 0 amide bonds. The van der Waals surface area contributed by atoms with Crippen LogP contribution in [-0.2, 0) is 6.42 Å². The molecule has 1 nitrogen and oxygen atoms in total. The molecule has 1 N–H and O–H groups in total. The number of rotatable bonds is 4. The first-order valence-electron chi connectivity index (χ1n) is 5.97. The third kappa shape index (κ3) is 3.77. The van der Waals surface area contributed by atoms with Crippen LogP contribution in [0, 0.1) is 9.39 Å². The van der Waals surface area contributed by atoms with E-state index in [0.29, 0.717) is 10.0 Å².